The zero-order valence-corrected chi connectivity index (χ0v) is 14.2. The third kappa shape index (κ3) is 3.46. The van der Waals surface area contributed by atoms with E-state index in [4.69, 9.17) is 5.84 Å². The highest BCUT2D eigenvalue weighted by Crippen LogP contribution is 2.27. The van der Waals surface area contributed by atoms with Gasteiger partial charge < -0.3 is 5.43 Å². The average molecular weight is 317 g/mol. The Morgan fingerprint density at radius 2 is 1.85 bits per heavy atom. The summed E-state index contributed by atoms with van der Waals surface area (Å²) >= 11 is 1.63. The number of anilines is 1. The summed E-state index contributed by atoms with van der Waals surface area (Å²) in [4.78, 5) is 0.368. The van der Waals surface area contributed by atoms with Crippen molar-refractivity contribution < 1.29 is 8.42 Å². The van der Waals surface area contributed by atoms with E-state index in [0.717, 1.165) is 5.75 Å². The zero-order valence-electron chi connectivity index (χ0n) is 12.6. The van der Waals surface area contributed by atoms with Crippen LogP contribution in [0.4, 0.5) is 5.69 Å². The molecule has 0 saturated heterocycles. The topological polar surface area (TPSA) is 75.4 Å². The first-order chi connectivity index (χ1) is 9.25. The van der Waals surface area contributed by atoms with E-state index >= 15 is 0 Å². The first-order valence-corrected chi connectivity index (χ1v) is 9.14. The van der Waals surface area contributed by atoms with Crippen LogP contribution in [0.15, 0.2) is 17.0 Å². The van der Waals surface area contributed by atoms with E-state index in [1.807, 2.05) is 13.2 Å². The van der Waals surface area contributed by atoms with Crippen LogP contribution in [0.1, 0.15) is 18.1 Å². The van der Waals surface area contributed by atoms with Crippen LogP contribution >= 0.6 is 11.8 Å². The number of hydrazine groups is 1. The number of nitrogens with one attached hydrogen (secondary N) is 1. The fraction of sp³-hybridized carbons (Fsp3) is 0.538. The van der Waals surface area contributed by atoms with Crippen molar-refractivity contribution in [2.75, 3.05) is 24.5 Å². The van der Waals surface area contributed by atoms with Crippen LogP contribution in [0.3, 0.4) is 0 Å². The third-order valence-electron chi connectivity index (χ3n) is 3.29. The standard InChI is InChI=1S/C13H23N3O2S2/c1-9-6-12(15-14)7-10(2)13(9)20(17,18)16(4)11(3)8-19-5/h6-7,11,15H,8,14H2,1-5H3. The van der Waals surface area contributed by atoms with E-state index in [1.165, 1.54) is 4.31 Å². The molecule has 20 heavy (non-hydrogen) atoms. The number of sulfonamides is 1. The first kappa shape index (κ1) is 17.3. The molecule has 114 valence electrons. The van der Waals surface area contributed by atoms with Gasteiger partial charge in [0, 0.05) is 24.5 Å². The smallest absolute Gasteiger partial charge is 0.243 e. The molecule has 1 unspecified atom stereocenters. The highest BCUT2D eigenvalue weighted by molar-refractivity contribution is 7.98. The second kappa shape index (κ2) is 6.80. The molecule has 0 aromatic heterocycles. The lowest BCUT2D eigenvalue weighted by Gasteiger charge is -2.25. The van der Waals surface area contributed by atoms with Crippen molar-refractivity contribution in [3.63, 3.8) is 0 Å². The van der Waals surface area contributed by atoms with Crippen molar-refractivity contribution in [3.8, 4) is 0 Å². The lowest BCUT2D eigenvalue weighted by molar-refractivity contribution is 0.414. The largest absolute Gasteiger partial charge is 0.324 e. The van der Waals surface area contributed by atoms with Crippen LogP contribution in [-0.4, -0.2) is 37.8 Å². The normalized spacial score (nSPS) is 13.6. The number of hydrogen-bond acceptors (Lipinski definition) is 5. The SMILES string of the molecule is CSCC(C)N(C)S(=O)(=O)c1c(C)cc(NN)cc1C. The number of nitrogen functional groups attached to an aromatic ring is 1. The molecular weight excluding hydrogens is 294 g/mol. The number of aryl methyl sites for hydroxylation is 2. The Morgan fingerprint density at radius 3 is 2.25 bits per heavy atom. The maximum Gasteiger partial charge on any atom is 0.243 e. The van der Waals surface area contributed by atoms with E-state index in [1.54, 1.807) is 44.8 Å². The van der Waals surface area contributed by atoms with Gasteiger partial charge in [0.1, 0.15) is 0 Å². The van der Waals surface area contributed by atoms with Gasteiger partial charge in [-0.3, -0.25) is 5.84 Å². The molecule has 0 aliphatic rings. The van der Waals surface area contributed by atoms with Gasteiger partial charge in [0.2, 0.25) is 10.0 Å². The number of thioether (sulfide) groups is 1. The lowest BCUT2D eigenvalue weighted by atomic mass is 10.1. The van der Waals surface area contributed by atoms with E-state index in [-0.39, 0.29) is 6.04 Å². The van der Waals surface area contributed by atoms with Gasteiger partial charge in [-0.25, -0.2) is 8.42 Å². The van der Waals surface area contributed by atoms with Gasteiger partial charge in [-0.1, -0.05) is 0 Å². The molecule has 0 heterocycles. The summed E-state index contributed by atoms with van der Waals surface area (Å²) < 4.78 is 26.9. The first-order valence-electron chi connectivity index (χ1n) is 6.30. The van der Waals surface area contributed by atoms with E-state index in [9.17, 15) is 8.42 Å². The van der Waals surface area contributed by atoms with Crippen LogP contribution in [-0.2, 0) is 10.0 Å². The summed E-state index contributed by atoms with van der Waals surface area (Å²) in [6.45, 7) is 5.48. The maximum absolute atomic E-state index is 12.8. The second-order valence-corrected chi connectivity index (χ2v) is 7.75. The summed E-state index contributed by atoms with van der Waals surface area (Å²) in [6, 6.07) is 3.43. The number of nitrogens with zero attached hydrogens (tertiary/aromatic N) is 1. The summed E-state index contributed by atoms with van der Waals surface area (Å²) in [6.07, 6.45) is 1.97. The van der Waals surface area contributed by atoms with Crippen molar-refractivity contribution in [3.05, 3.63) is 23.3 Å². The number of rotatable bonds is 6. The Kier molecular flexibility index (Phi) is 5.88. The van der Waals surface area contributed by atoms with Crippen molar-refractivity contribution in [2.24, 2.45) is 5.84 Å². The van der Waals surface area contributed by atoms with Crippen LogP contribution in [0, 0.1) is 13.8 Å². The van der Waals surface area contributed by atoms with Gasteiger partial charge in [-0.2, -0.15) is 16.1 Å². The number of benzene rings is 1. The second-order valence-electron chi connectivity index (χ2n) is 4.91. The van der Waals surface area contributed by atoms with Gasteiger partial charge in [0.25, 0.3) is 0 Å². The minimum absolute atomic E-state index is 0.0545. The van der Waals surface area contributed by atoms with Crippen molar-refractivity contribution in [1.82, 2.24) is 4.31 Å². The van der Waals surface area contributed by atoms with Crippen LogP contribution in [0.5, 0.6) is 0 Å². The molecule has 5 nitrogen and oxygen atoms in total. The minimum Gasteiger partial charge on any atom is -0.324 e. The molecule has 0 radical (unpaired) electrons. The average Bonchev–Trinajstić information content (AvgIpc) is 2.36. The van der Waals surface area contributed by atoms with Gasteiger partial charge >= 0.3 is 0 Å². The Bertz CT molecular complexity index is 550. The summed E-state index contributed by atoms with van der Waals surface area (Å²) in [5.41, 5.74) is 4.65. The molecule has 0 aliphatic carbocycles. The molecule has 1 atom stereocenters. The van der Waals surface area contributed by atoms with Gasteiger partial charge in [0.05, 0.1) is 4.90 Å². The Labute approximate surface area is 125 Å². The van der Waals surface area contributed by atoms with Crippen LogP contribution in [0.25, 0.3) is 0 Å². The summed E-state index contributed by atoms with van der Waals surface area (Å²) in [5, 5.41) is 0. The zero-order chi connectivity index (χ0) is 15.5. The Morgan fingerprint density at radius 1 is 1.35 bits per heavy atom. The molecule has 0 spiro atoms. The number of nitrogens with two attached hydrogens (primary N) is 1. The van der Waals surface area contributed by atoms with Gasteiger partial charge in [-0.05, 0) is 50.3 Å². The molecular formula is C13H23N3O2S2. The van der Waals surface area contributed by atoms with E-state index < -0.39 is 10.0 Å². The van der Waals surface area contributed by atoms with E-state index in [2.05, 4.69) is 5.43 Å². The van der Waals surface area contributed by atoms with Crippen LogP contribution < -0.4 is 11.3 Å². The van der Waals surface area contributed by atoms with Crippen molar-refractivity contribution in [1.29, 1.82) is 0 Å². The van der Waals surface area contributed by atoms with Crippen molar-refractivity contribution in [2.45, 2.75) is 31.7 Å². The lowest BCUT2D eigenvalue weighted by Crippen LogP contribution is -2.37. The van der Waals surface area contributed by atoms with Gasteiger partial charge in [0.15, 0.2) is 0 Å². The predicted molar refractivity (Wildman–Crippen MR) is 86.5 cm³/mol. The summed E-state index contributed by atoms with van der Waals surface area (Å²) in [7, 11) is -1.87. The fourth-order valence-corrected chi connectivity index (χ4v) is 4.74. The highest BCUT2D eigenvalue weighted by Gasteiger charge is 2.28. The number of hydrogen-bond donors (Lipinski definition) is 2. The molecule has 0 fully saturated rings. The molecule has 0 saturated carbocycles. The van der Waals surface area contributed by atoms with Gasteiger partial charge in [-0.15, -0.1) is 0 Å². The summed E-state index contributed by atoms with van der Waals surface area (Å²) in [5.74, 6) is 6.14. The molecule has 3 N–H and O–H groups in total. The minimum atomic E-state index is -3.50. The molecule has 0 aliphatic heterocycles. The van der Waals surface area contributed by atoms with Crippen molar-refractivity contribution >= 4 is 27.5 Å². The Hall–Kier alpha value is -0.760. The molecule has 0 bridgehead atoms. The molecule has 0 amide bonds. The fourth-order valence-electron chi connectivity index (χ4n) is 2.17. The van der Waals surface area contributed by atoms with Crippen LogP contribution in [0.2, 0.25) is 0 Å². The highest BCUT2D eigenvalue weighted by atomic mass is 32.2. The van der Waals surface area contributed by atoms with E-state index in [0.29, 0.717) is 21.7 Å². The Balaban J connectivity index is 3.29. The quantitative estimate of drug-likeness (QED) is 0.620. The monoisotopic (exact) mass is 317 g/mol. The molecule has 1 rings (SSSR count). The molecule has 1 aromatic carbocycles. The molecule has 1 aromatic rings. The third-order valence-corrected chi connectivity index (χ3v) is 6.39. The predicted octanol–water partition coefficient (Wildman–Crippen LogP) is 1.96. The maximum atomic E-state index is 12.8. The molecule has 7 heteroatoms.